The Morgan fingerprint density at radius 3 is 1.93 bits per heavy atom. The van der Waals surface area contributed by atoms with Crippen LogP contribution in [0.4, 0.5) is 0 Å². The molecule has 0 aromatic rings. The molecule has 0 nitrogen and oxygen atoms in total. The van der Waals surface area contributed by atoms with Crippen LogP contribution in [0.15, 0.2) is 0 Å². The van der Waals surface area contributed by atoms with Gasteiger partial charge in [-0.2, -0.15) is 0 Å². The molecule has 0 unspecified atom stereocenters. The van der Waals surface area contributed by atoms with E-state index in [1.807, 2.05) is 0 Å². The topological polar surface area (TPSA) is 0 Å². The van der Waals surface area contributed by atoms with Crippen LogP contribution in [0, 0.1) is 11.3 Å². The standard InChI is InChI=1S/C12H24Cl2/c1-4-5-6-7-8-12(9-13,10-14)11(2)3/h11H,4-10H2,1-3H3. The van der Waals surface area contributed by atoms with E-state index in [0.29, 0.717) is 17.7 Å². The molecule has 0 saturated carbocycles. The van der Waals surface area contributed by atoms with Gasteiger partial charge in [-0.3, -0.25) is 0 Å². The van der Waals surface area contributed by atoms with E-state index in [1.165, 1.54) is 32.1 Å². The maximum Gasteiger partial charge on any atom is 0.0293 e. The summed E-state index contributed by atoms with van der Waals surface area (Å²) in [5.74, 6) is 1.97. The summed E-state index contributed by atoms with van der Waals surface area (Å²) in [5, 5.41) is 0. The first-order valence-corrected chi connectivity index (χ1v) is 6.81. The normalized spacial score (nSPS) is 12.4. The van der Waals surface area contributed by atoms with Crippen molar-refractivity contribution in [3.05, 3.63) is 0 Å². The van der Waals surface area contributed by atoms with Crippen LogP contribution in [0.5, 0.6) is 0 Å². The molecular weight excluding hydrogens is 215 g/mol. The number of hydrogen-bond donors (Lipinski definition) is 0. The van der Waals surface area contributed by atoms with Gasteiger partial charge in [-0.1, -0.05) is 46.5 Å². The third kappa shape index (κ3) is 4.40. The van der Waals surface area contributed by atoms with Gasteiger partial charge in [0, 0.05) is 11.8 Å². The second-order valence-electron chi connectivity index (χ2n) is 4.59. The van der Waals surface area contributed by atoms with Gasteiger partial charge in [0.05, 0.1) is 0 Å². The Kier molecular flexibility index (Phi) is 8.14. The smallest absolute Gasteiger partial charge is 0.0293 e. The minimum absolute atomic E-state index is 0.164. The van der Waals surface area contributed by atoms with Gasteiger partial charge in [0.2, 0.25) is 0 Å². The van der Waals surface area contributed by atoms with Crippen molar-refractivity contribution >= 4 is 23.2 Å². The van der Waals surface area contributed by atoms with Crippen molar-refractivity contribution in [1.82, 2.24) is 0 Å². The highest BCUT2D eigenvalue weighted by atomic mass is 35.5. The van der Waals surface area contributed by atoms with Crippen LogP contribution in [-0.2, 0) is 0 Å². The fourth-order valence-electron chi connectivity index (χ4n) is 1.67. The van der Waals surface area contributed by atoms with Crippen LogP contribution in [0.3, 0.4) is 0 Å². The van der Waals surface area contributed by atoms with Crippen molar-refractivity contribution in [3.8, 4) is 0 Å². The Hall–Kier alpha value is 0.580. The summed E-state index contributed by atoms with van der Waals surface area (Å²) in [4.78, 5) is 0. The fraction of sp³-hybridized carbons (Fsp3) is 1.00. The molecule has 0 radical (unpaired) electrons. The summed E-state index contributed by atoms with van der Waals surface area (Å²) < 4.78 is 0. The lowest BCUT2D eigenvalue weighted by Gasteiger charge is -2.34. The molecule has 0 aliphatic rings. The summed E-state index contributed by atoms with van der Waals surface area (Å²) >= 11 is 12.1. The summed E-state index contributed by atoms with van der Waals surface area (Å²) in [7, 11) is 0. The predicted octanol–water partition coefficient (Wildman–Crippen LogP) is 5.08. The lowest BCUT2D eigenvalue weighted by Crippen LogP contribution is -2.31. The molecule has 0 fully saturated rings. The van der Waals surface area contributed by atoms with Gasteiger partial charge in [-0.25, -0.2) is 0 Å². The van der Waals surface area contributed by atoms with E-state index in [4.69, 9.17) is 23.2 Å². The molecule has 0 saturated heterocycles. The minimum atomic E-state index is 0.164. The second kappa shape index (κ2) is 7.82. The largest absolute Gasteiger partial charge is 0.126 e. The van der Waals surface area contributed by atoms with Crippen molar-refractivity contribution in [2.45, 2.75) is 52.9 Å². The molecule has 0 aliphatic carbocycles. The number of halogens is 2. The van der Waals surface area contributed by atoms with Crippen molar-refractivity contribution in [1.29, 1.82) is 0 Å². The zero-order chi connectivity index (χ0) is 11.0. The minimum Gasteiger partial charge on any atom is -0.126 e. The average Bonchev–Trinajstić information content (AvgIpc) is 2.18. The summed E-state index contributed by atoms with van der Waals surface area (Å²) in [5.41, 5.74) is 0.164. The molecule has 0 bridgehead atoms. The molecule has 0 rings (SSSR count). The lowest BCUT2D eigenvalue weighted by atomic mass is 9.76. The van der Waals surface area contributed by atoms with Gasteiger partial charge in [0.15, 0.2) is 0 Å². The number of hydrogen-bond acceptors (Lipinski definition) is 0. The number of unbranched alkanes of at least 4 members (excludes halogenated alkanes) is 3. The van der Waals surface area contributed by atoms with Crippen molar-refractivity contribution in [3.63, 3.8) is 0 Å². The van der Waals surface area contributed by atoms with E-state index < -0.39 is 0 Å². The highest BCUT2D eigenvalue weighted by Crippen LogP contribution is 2.36. The van der Waals surface area contributed by atoms with E-state index in [9.17, 15) is 0 Å². The zero-order valence-electron chi connectivity index (χ0n) is 9.78. The van der Waals surface area contributed by atoms with Gasteiger partial charge in [-0.05, 0) is 17.8 Å². The summed E-state index contributed by atoms with van der Waals surface area (Å²) in [6.07, 6.45) is 6.39. The molecule has 86 valence electrons. The second-order valence-corrected chi connectivity index (χ2v) is 5.13. The van der Waals surface area contributed by atoms with Crippen LogP contribution >= 0.6 is 23.2 Å². The highest BCUT2D eigenvalue weighted by molar-refractivity contribution is 6.21. The molecule has 0 aromatic carbocycles. The van der Waals surface area contributed by atoms with E-state index in [2.05, 4.69) is 20.8 Å². The molecule has 0 amide bonds. The summed E-state index contributed by atoms with van der Waals surface area (Å²) in [6.45, 7) is 6.69. The van der Waals surface area contributed by atoms with Gasteiger partial charge >= 0.3 is 0 Å². The van der Waals surface area contributed by atoms with E-state index >= 15 is 0 Å². The molecule has 0 aliphatic heterocycles. The molecule has 0 spiro atoms. The lowest BCUT2D eigenvalue weighted by molar-refractivity contribution is 0.231. The predicted molar refractivity (Wildman–Crippen MR) is 67.5 cm³/mol. The maximum atomic E-state index is 6.05. The molecule has 0 aromatic heterocycles. The number of rotatable bonds is 8. The number of alkyl halides is 2. The molecule has 14 heavy (non-hydrogen) atoms. The first-order valence-electron chi connectivity index (χ1n) is 5.75. The molecule has 0 N–H and O–H groups in total. The Labute approximate surface area is 99.4 Å². The van der Waals surface area contributed by atoms with Crippen molar-refractivity contribution < 1.29 is 0 Å². The molecule has 0 heterocycles. The van der Waals surface area contributed by atoms with E-state index in [0.717, 1.165) is 0 Å². The maximum absolute atomic E-state index is 6.05. The van der Waals surface area contributed by atoms with Gasteiger partial charge < -0.3 is 0 Å². The quantitative estimate of drug-likeness (QED) is 0.409. The Morgan fingerprint density at radius 2 is 1.57 bits per heavy atom. The van der Waals surface area contributed by atoms with Gasteiger partial charge in [0.1, 0.15) is 0 Å². The summed E-state index contributed by atoms with van der Waals surface area (Å²) in [6, 6.07) is 0. The Bertz CT molecular complexity index is 128. The van der Waals surface area contributed by atoms with E-state index in [1.54, 1.807) is 0 Å². The molecule has 0 atom stereocenters. The Balaban J connectivity index is 3.95. The Morgan fingerprint density at radius 1 is 1.00 bits per heavy atom. The van der Waals surface area contributed by atoms with Crippen molar-refractivity contribution in [2.75, 3.05) is 11.8 Å². The molecule has 2 heteroatoms. The van der Waals surface area contributed by atoms with Crippen LogP contribution in [0.1, 0.15) is 52.9 Å². The third-order valence-corrected chi connectivity index (χ3v) is 4.35. The van der Waals surface area contributed by atoms with Crippen LogP contribution < -0.4 is 0 Å². The van der Waals surface area contributed by atoms with Crippen molar-refractivity contribution in [2.24, 2.45) is 11.3 Å². The van der Waals surface area contributed by atoms with Gasteiger partial charge in [0.25, 0.3) is 0 Å². The molecular formula is C12H24Cl2. The zero-order valence-corrected chi connectivity index (χ0v) is 11.3. The van der Waals surface area contributed by atoms with Crippen LogP contribution in [-0.4, -0.2) is 11.8 Å². The van der Waals surface area contributed by atoms with Crippen LogP contribution in [0.2, 0.25) is 0 Å². The fourth-order valence-corrected chi connectivity index (χ4v) is 2.84. The average molecular weight is 239 g/mol. The highest BCUT2D eigenvalue weighted by Gasteiger charge is 2.31. The third-order valence-electron chi connectivity index (χ3n) is 3.29. The monoisotopic (exact) mass is 238 g/mol. The van der Waals surface area contributed by atoms with Crippen LogP contribution in [0.25, 0.3) is 0 Å². The first-order chi connectivity index (χ1) is 6.63. The first kappa shape index (κ1) is 14.6. The SMILES string of the molecule is CCCCCCC(CCl)(CCl)C(C)C. The van der Waals surface area contributed by atoms with E-state index in [-0.39, 0.29) is 5.41 Å². The van der Waals surface area contributed by atoms with Gasteiger partial charge in [-0.15, -0.1) is 23.2 Å².